The van der Waals surface area contributed by atoms with Gasteiger partial charge in [0.1, 0.15) is 0 Å². The number of hydrogen-bond acceptors (Lipinski definition) is 23. The fourth-order valence-corrected chi connectivity index (χ4v) is 13.9. The summed E-state index contributed by atoms with van der Waals surface area (Å²) in [6.45, 7) is 24.9. The molecule has 0 saturated carbocycles. The summed E-state index contributed by atoms with van der Waals surface area (Å²) < 4.78 is 97.9. The molecule has 135 heavy (non-hydrogen) atoms. The van der Waals surface area contributed by atoms with E-state index in [4.69, 9.17) is 45.4 Å². The van der Waals surface area contributed by atoms with Crippen molar-refractivity contribution in [2.75, 3.05) is 72.9 Å². The summed E-state index contributed by atoms with van der Waals surface area (Å²) in [5, 5.41) is 19.9. The number of rotatable bonds is 57. The number of amides is 8. The van der Waals surface area contributed by atoms with E-state index in [2.05, 4.69) is 51.6 Å². The van der Waals surface area contributed by atoms with E-state index in [1.54, 1.807) is 20.8 Å². The van der Waals surface area contributed by atoms with Crippen molar-refractivity contribution in [1.82, 2.24) is 20.0 Å². The molecule has 4 aromatic carbocycles. The number of esters is 6. The molecule has 3 heterocycles. The molecule has 4 aromatic rings. The van der Waals surface area contributed by atoms with Gasteiger partial charge >= 0.3 is 41.8 Å². The van der Waals surface area contributed by atoms with Crippen molar-refractivity contribution in [2.45, 2.75) is 301 Å². The summed E-state index contributed by atoms with van der Waals surface area (Å²) in [4.78, 5) is 183. The molecule has 34 heteroatoms. The molecule has 0 aromatic heterocycles. The first-order valence-corrected chi connectivity index (χ1v) is 48.0. The van der Waals surface area contributed by atoms with Gasteiger partial charge in [0.15, 0.2) is 0 Å². The SMILES string of the molecule is CCCCCCCO.CCCCCCCOC(=O)CC(C)C(N)=O.CCCCCCCOC(=O)CC(C)CN.CCCCCCCOC(=O)CC(C)CN1C(=O)c2ccc(C(=O)NC)cc2C1=O.CCCCCCCOC(=O)CC(C)CN1C(=O)c2ccc(C(=O)O)cc2C1=O.CCCCCCCOC(=O)CC(C)CN1C(=O)c2ccc(C(=O)Oc3c(F)c(F)c(F)c(F)c3F)cc2C1=O. The lowest BCUT2D eigenvalue weighted by Crippen LogP contribution is -2.34. The number of carbonyl (C=O) groups excluding carboxylic acids is 14. The van der Waals surface area contributed by atoms with Crippen molar-refractivity contribution in [3.63, 3.8) is 0 Å². The molecule has 29 nitrogen and oxygen atoms in total. The molecule has 8 amide bonds. The van der Waals surface area contributed by atoms with Crippen LogP contribution in [0.25, 0.3) is 0 Å². The van der Waals surface area contributed by atoms with Gasteiger partial charge in [-0.1, -0.05) is 230 Å². The second-order valence-corrected chi connectivity index (χ2v) is 34.4. The van der Waals surface area contributed by atoms with E-state index in [1.807, 2.05) is 13.8 Å². The number of carboxylic acids is 1. The summed E-state index contributed by atoms with van der Waals surface area (Å²) in [6.07, 6.45) is 34.1. The van der Waals surface area contributed by atoms with Crippen molar-refractivity contribution < 1.29 is 133 Å². The topological polar surface area (TPSA) is 426 Å². The maximum Gasteiger partial charge on any atom is 0.343 e. The van der Waals surface area contributed by atoms with E-state index < -0.39 is 111 Å². The number of primary amides is 1. The quantitative estimate of drug-likeness (QED) is 0.00400. The molecule has 7 N–H and O–H groups in total. The molecule has 0 aliphatic carbocycles. The lowest BCUT2D eigenvalue weighted by molar-refractivity contribution is -0.146. The average molecular weight is 1910 g/mol. The number of nitrogens with zero attached hydrogens (tertiary/aromatic N) is 3. The number of carbonyl (C=O) groups is 15. The van der Waals surface area contributed by atoms with E-state index in [9.17, 15) is 93.9 Å². The van der Waals surface area contributed by atoms with E-state index in [1.165, 1.54) is 127 Å². The minimum Gasteiger partial charge on any atom is -0.478 e. The van der Waals surface area contributed by atoms with Crippen LogP contribution in [-0.2, 0) is 52.5 Å². The molecule has 0 spiro atoms. The number of halogens is 5. The van der Waals surface area contributed by atoms with E-state index in [0.717, 1.165) is 142 Å². The standard InChI is InChI=1S/C27H26F5NO6.C22H30N2O5.C21H27NO6.C12H23NO3.C12H25NO2.C7H16O/c1-3-4-5-6-7-10-38-18(34)11-14(2)13-33-25(35)16-9-8-15(12-17(16)26(33)36)27(37)39-24-22(31)20(29)19(28)21(30)23(24)32;1-4-5-6-7-8-11-29-19(25)12-15(2)14-24-21(27)17-10-9-16(20(26)23-3)13-18(17)22(24)28;1-3-4-5-6-7-10-28-18(23)11-14(2)13-22-19(24)16-9-8-15(21(26)27)12-17(16)20(22)25;1-3-4-5-6-7-8-16-11(14)9-10(2)12(13)15;1-3-4-5-6-7-8-15-12(14)9-11(2)10-13;1-2-3-4-5-6-7-8/h8-9,12,14H,3-7,10-11,13H2,1-2H3;9-10,13,15H,4-8,11-12,14H2,1-3H3,(H,23,26);8-9,12,14H,3-7,10-11,13H2,1-2H3,(H,26,27);10H,3-9H2,1-2H3,(H2,13,15);11H,3-10,13H2,1-2H3;8H,2-7H2,1H3. The first-order valence-electron chi connectivity index (χ1n) is 48.0. The third-order valence-electron chi connectivity index (χ3n) is 22.0. The highest BCUT2D eigenvalue weighted by atomic mass is 19.2. The highest BCUT2D eigenvalue weighted by Crippen LogP contribution is 2.33. The highest BCUT2D eigenvalue weighted by molar-refractivity contribution is 6.24. The number of aliphatic hydroxyl groups excluding tert-OH is 1. The molecule has 754 valence electrons. The average Bonchev–Trinajstić information content (AvgIpc) is 1.64. The second-order valence-electron chi connectivity index (χ2n) is 34.4. The third-order valence-corrected chi connectivity index (χ3v) is 22.0. The highest BCUT2D eigenvalue weighted by Gasteiger charge is 2.41. The van der Waals surface area contributed by atoms with Crippen LogP contribution in [0.1, 0.15) is 394 Å². The zero-order chi connectivity index (χ0) is 101. The number of hydrogen-bond donors (Lipinski definition) is 5. The maximum absolute atomic E-state index is 13.9. The van der Waals surface area contributed by atoms with E-state index in [-0.39, 0.29) is 138 Å². The number of carboxylic acid groups (broad SMARTS) is 1. The molecular weight excluding hydrogens is 1760 g/mol. The minimum absolute atomic E-state index is 0.0398. The first kappa shape index (κ1) is 120. The number of nitrogens with one attached hydrogen (secondary N) is 1. The van der Waals surface area contributed by atoms with Crippen LogP contribution >= 0.6 is 0 Å². The molecule has 5 unspecified atom stereocenters. The number of nitrogens with two attached hydrogens (primary N) is 2. The van der Waals surface area contributed by atoms with Crippen LogP contribution in [0.2, 0.25) is 0 Å². The van der Waals surface area contributed by atoms with Gasteiger partial charge in [-0.05, 0) is 123 Å². The molecule has 5 atom stereocenters. The van der Waals surface area contributed by atoms with E-state index >= 15 is 0 Å². The van der Waals surface area contributed by atoms with Gasteiger partial charge in [-0.3, -0.25) is 77.0 Å². The van der Waals surface area contributed by atoms with Crippen molar-refractivity contribution in [3.8, 4) is 5.75 Å². The smallest absolute Gasteiger partial charge is 0.343 e. The lowest BCUT2D eigenvalue weighted by atomic mass is 10.1. The Hall–Kier alpha value is -10.9. The Morgan fingerprint density at radius 1 is 0.356 bits per heavy atom. The lowest BCUT2D eigenvalue weighted by Gasteiger charge is -2.18. The normalized spacial score (nSPS) is 13.2. The first-order chi connectivity index (χ1) is 64.4. The van der Waals surface area contributed by atoms with Crippen molar-refractivity contribution in [2.24, 2.45) is 41.1 Å². The third kappa shape index (κ3) is 44.6. The van der Waals surface area contributed by atoms with Crippen LogP contribution in [-0.4, -0.2) is 187 Å². The van der Waals surface area contributed by atoms with Gasteiger partial charge < -0.3 is 55.4 Å². The molecule has 0 fully saturated rings. The number of aliphatic hydroxyl groups is 1. The predicted molar refractivity (Wildman–Crippen MR) is 499 cm³/mol. The molecule has 3 aliphatic rings. The molecular formula is C101H147F5N6O23. The predicted octanol–water partition coefficient (Wildman–Crippen LogP) is 18.9. The fraction of sp³-hybridized carbons (Fsp3) is 0.614. The summed E-state index contributed by atoms with van der Waals surface area (Å²) in [5.41, 5.74) is 10.8. The van der Waals surface area contributed by atoms with Crippen molar-refractivity contribution in [1.29, 1.82) is 0 Å². The van der Waals surface area contributed by atoms with Gasteiger partial charge in [0.25, 0.3) is 41.4 Å². The van der Waals surface area contributed by atoms with Crippen LogP contribution < -0.4 is 21.5 Å². The van der Waals surface area contributed by atoms with Gasteiger partial charge in [-0.2, -0.15) is 8.78 Å². The maximum atomic E-state index is 13.9. The molecule has 0 radical (unpaired) electrons. The minimum atomic E-state index is -2.42. The summed E-state index contributed by atoms with van der Waals surface area (Å²) >= 11 is 0. The number of imide groups is 3. The van der Waals surface area contributed by atoms with Gasteiger partial charge in [-0.25, -0.2) is 22.8 Å². The van der Waals surface area contributed by atoms with Crippen LogP contribution in [0.3, 0.4) is 0 Å². The van der Waals surface area contributed by atoms with Gasteiger partial charge in [0.05, 0.1) is 84.0 Å². The molecule has 0 saturated heterocycles. The van der Waals surface area contributed by atoms with Gasteiger partial charge in [0, 0.05) is 70.5 Å². The summed E-state index contributed by atoms with van der Waals surface area (Å²) in [5.74, 6) is -23.0. The monoisotopic (exact) mass is 1910 g/mol. The Morgan fingerprint density at radius 2 is 0.615 bits per heavy atom. The molecule has 0 bridgehead atoms. The van der Waals surface area contributed by atoms with Crippen LogP contribution in [0, 0.1) is 58.7 Å². The van der Waals surface area contributed by atoms with E-state index in [0.29, 0.717) is 51.6 Å². The van der Waals surface area contributed by atoms with Crippen LogP contribution in [0.5, 0.6) is 5.75 Å². The van der Waals surface area contributed by atoms with Crippen molar-refractivity contribution in [3.05, 3.63) is 134 Å². The molecule has 7 rings (SSSR count). The van der Waals surface area contributed by atoms with Crippen LogP contribution in [0.15, 0.2) is 54.6 Å². The number of benzene rings is 4. The Labute approximate surface area is 792 Å². The zero-order valence-electron chi connectivity index (χ0n) is 81.3. The van der Waals surface area contributed by atoms with Crippen LogP contribution in [0.4, 0.5) is 22.0 Å². The largest absolute Gasteiger partial charge is 0.478 e. The molecule has 3 aliphatic heterocycles. The van der Waals surface area contributed by atoms with Gasteiger partial charge in [-0.15, -0.1) is 0 Å². The number of unbranched alkanes of at least 4 members (excludes halogenated alkanes) is 24. The summed E-state index contributed by atoms with van der Waals surface area (Å²) in [7, 11) is 1.50. The summed E-state index contributed by atoms with van der Waals surface area (Å²) in [6, 6.07) is 11.4. The van der Waals surface area contributed by atoms with Crippen molar-refractivity contribution >= 4 is 89.0 Å². The Morgan fingerprint density at radius 3 is 0.904 bits per heavy atom. The zero-order valence-corrected chi connectivity index (χ0v) is 81.3. The second kappa shape index (κ2) is 68.2. The number of fused-ring (bicyclic) bond motifs is 3. The van der Waals surface area contributed by atoms with Gasteiger partial charge in [0.2, 0.25) is 40.7 Å². The Bertz CT molecular complexity index is 4420. The number of aromatic carboxylic acids is 1. The number of ether oxygens (including phenoxy) is 6. The Balaban J connectivity index is 0.000000580. The fourth-order valence-electron chi connectivity index (χ4n) is 13.9. The Kier molecular flexibility index (Phi) is 60.7.